The lowest BCUT2D eigenvalue weighted by Crippen LogP contribution is -2.39. The average molecular weight is 302 g/mol. The van der Waals surface area contributed by atoms with Crippen molar-refractivity contribution < 1.29 is 8.42 Å². The van der Waals surface area contributed by atoms with Crippen molar-refractivity contribution >= 4 is 10.0 Å². The molecule has 0 unspecified atom stereocenters. The maximum Gasteiger partial charge on any atom is 0.214 e. The molecule has 1 heterocycles. The van der Waals surface area contributed by atoms with Gasteiger partial charge in [0.2, 0.25) is 10.0 Å². The minimum Gasteiger partial charge on any atom is -0.314 e. The van der Waals surface area contributed by atoms with Gasteiger partial charge in [-0.15, -0.1) is 0 Å². The van der Waals surface area contributed by atoms with Gasteiger partial charge in [-0.3, -0.25) is 0 Å². The minimum atomic E-state index is -3.00. The first kappa shape index (κ1) is 16.2. The fraction of sp³-hybridized carbons (Fsp3) is 1.00. The summed E-state index contributed by atoms with van der Waals surface area (Å²) in [5.74, 6) is 1.08. The van der Waals surface area contributed by atoms with Crippen LogP contribution in [0.3, 0.4) is 0 Å². The Kier molecular flexibility index (Phi) is 6.30. The molecule has 5 heteroatoms. The normalized spacial score (nSPS) is 22.2. The van der Waals surface area contributed by atoms with Crippen molar-refractivity contribution in [2.24, 2.45) is 5.92 Å². The van der Waals surface area contributed by atoms with Crippen molar-refractivity contribution in [1.29, 1.82) is 0 Å². The van der Waals surface area contributed by atoms with E-state index in [1.165, 1.54) is 25.7 Å². The van der Waals surface area contributed by atoms with Crippen LogP contribution < -0.4 is 5.32 Å². The number of unbranched alkanes of at least 4 members (excludes halogenated alkanes) is 1. The van der Waals surface area contributed by atoms with Gasteiger partial charge in [0.05, 0.1) is 5.75 Å². The highest BCUT2D eigenvalue weighted by atomic mass is 32.2. The molecule has 0 aromatic rings. The van der Waals surface area contributed by atoms with E-state index in [4.69, 9.17) is 0 Å². The smallest absolute Gasteiger partial charge is 0.214 e. The second-order valence-corrected chi connectivity index (χ2v) is 8.47. The summed E-state index contributed by atoms with van der Waals surface area (Å²) in [6.07, 6.45) is 8.92. The van der Waals surface area contributed by atoms with E-state index in [1.807, 2.05) is 0 Å². The predicted molar refractivity (Wildman–Crippen MR) is 83.3 cm³/mol. The van der Waals surface area contributed by atoms with Crippen molar-refractivity contribution in [3.05, 3.63) is 0 Å². The maximum atomic E-state index is 12.3. The van der Waals surface area contributed by atoms with E-state index < -0.39 is 10.0 Å². The fourth-order valence-corrected chi connectivity index (χ4v) is 4.61. The van der Waals surface area contributed by atoms with Crippen molar-refractivity contribution in [2.45, 2.75) is 64.3 Å². The third-order valence-electron chi connectivity index (χ3n) is 4.50. The summed E-state index contributed by atoms with van der Waals surface area (Å²) in [6, 6.07) is 0.726. The van der Waals surface area contributed by atoms with Crippen LogP contribution in [-0.2, 0) is 10.0 Å². The largest absolute Gasteiger partial charge is 0.314 e. The van der Waals surface area contributed by atoms with Crippen LogP contribution in [0.4, 0.5) is 0 Å². The second kappa shape index (κ2) is 7.76. The number of piperidine rings is 1. The van der Waals surface area contributed by atoms with E-state index >= 15 is 0 Å². The van der Waals surface area contributed by atoms with Crippen LogP contribution in [0.15, 0.2) is 0 Å². The highest BCUT2D eigenvalue weighted by Gasteiger charge is 2.27. The molecular weight excluding hydrogens is 272 g/mol. The van der Waals surface area contributed by atoms with Gasteiger partial charge in [-0.2, -0.15) is 0 Å². The zero-order valence-corrected chi connectivity index (χ0v) is 13.6. The van der Waals surface area contributed by atoms with Gasteiger partial charge in [0.1, 0.15) is 0 Å². The molecule has 0 bridgehead atoms. The van der Waals surface area contributed by atoms with E-state index in [0.29, 0.717) is 5.75 Å². The molecule has 0 aromatic heterocycles. The number of nitrogens with zero attached hydrogens (tertiary/aromatic N) is 1. The maximum absolute atomic E-state index is 12.3. The number of sulfonamides is 1. The van der Waals surface area contributed by atoms with Gasteiger partial charge in [-0.05, 0) is 51.0 Å². The van der Waals surface area contributed by atoms with E-state index in [1.54, 1.807) is 4.31 Å². The first-order valence-electron chi connectivity index (χ1n) is 8.33. The Hall–Kier alpha value is -0.130. The Morgan fingerprint density at radius 3 is 2.40 bits per heavy atom. The predicted octanol–water partition coefficient (Wildman–Crippen LogP) is 2.36. The van der Waals surface area contributed by atoms with Crippen LogP contribution in [0.25, 0.3) is 0 Å². The molecule has 118 valence electrons. The van der Waals surface area contributed by atoms with E-state index in [9.17, 15) is 8.42 Å². The third-order valence-corrected chi connectivity index (χ3v) is 6.46. The summed E-state index contributed by atoms with van der Waals surface area (Å²) in [5, 5.41) is 3.43. The zero-order valence-electron chi connectivity index (χ0n) is 12.8. The van der Waals surface area contributed by atoms with Crippen molar-refractivity contribution in [3.8, 4) is 0 Å². The van der Waals surface area contributed by atoms with Crippen LogP contribution in [-0.4, -0.2) is 44.2 Å². The Morgan fingerprint density at radius 2 is 1.80 bits per heavy atom. The van der Waals surface area contributed by atoms with Crippen molar-refractivity contribution in [1.82, 2.24) is 9.62 Å². The monoisotopic (exact) mass is 302 g/mol. The molecule has 0 radical (unpaired) electrons. The summed E-state index contributed by atoms with van der Waals surface area (Å²) in [4.78, 5) is 0. The lowest BCUT2D eigenvalue weighted by molar-refractivity contribution is 0.262. The Balaban J connectivity index is 1.62. The molecule has 2 rings (SSSR count). The summed E-state index contributed by atoms with van der Waals surface area (Å²) in [6.45, 7) is 4.66. The lowest BCUT2D eigenvalue weighted by atomic mass is 9.94. The van der Waals surface area contributed by atoms with Crippen LogP contribution >= 0.6 is 0 Å². The minimum absolute atomic E-state index is 0.331. The summed E-state index contributed by atoms with van der Waals surface area (Å²) >= 11 is 0. The van der Waals surface area contributed by atoms with E-state index in [-0.39, 0.29) is 0 Å². The lowest BCUT2D eigenvalue weighted by Gasteiger charge is -2.31. The van der Waals surface area contributed by atoms with Crippen molar-refractivity contribution in [3.63, 3.8) is 0 Å². The summed E-state index contributed by atoms with van der Waals surface area (Å²) in [7, 11) is -3.00. The number of hydrogen-bond donors (Lipinski definition) is 1. The van der Waals surface area contributed by atoms with Crippen molar-refractivity contribution in [2.75, 3.05) is 25.4 Å². The highest BCUT2D eigenvalue weighted by Crippen LogP contribution is 2.24. The molecule has 1 saturated carbocycles. The van der Waals surface area contributed by atoms with E-state index in [2.05, 4.69) is 12.2 Å². The SMILES string of the molecule is CCCC1CCN(S(=O)(=O)CCCCNC2CC2)CC1. The number of nitrogens with one attached hydrogen (secondary N) is 1. The summed E-state index contributed by atoms with van der Waals surface area (Å²) in [5.41, 5.74) is 0. The molecule has 0 amide bonds. The third kappa shape index (κ3) is 5.34. The van der Waals surface area contributed by atoms with Gasteiger partial charge >= 0.3 is 0 Å². The molecule has 1 aliphatic heterocycles. The molecule has 0 spiro atoms. The molecule has 1 N–H and O–H groups in total. The zero-order chi connectivity index (χ0) is 14.4. The average Bonchev–Trinajstić information content (AvgIpc) is 3.23. The van der Waals surface area contributed by atoms with E-state index in [0.717, 1.165) is 57.3 Å². The highest BCUT2D eigenvalue weighted by molar-refractivity contribution is 7.89. The van der Waals surface area contributed by atoms with Gasteiger partial charge < -0.3 is 5.32 Å². The second-order valence-electron chi connectivity index (χ2n) is 6.38. The number of rotatable bonds is 9. The molecule has 20 heavy (non-hydrogen) atoms. The fourth-order valence-electron chi connectivity index (χ4n) is 3.02. The number of hydrogen-bond acceptors (Lipinski definition) is 3. The molecule has 2 fully saturated rings. The van der Waals surface area contributed by atoms with Gasteiger partial charge in [-0.1, -0.05) is 19.8 Å². The molecule has 1 aliphatic carbocycles. The van der Waals surface area contributed by atoms with Gasteiger partial charge in [0, 0.05) is 19.1 Å². The Morgan fingerprint density at radius 1 is 1.10 bits per heavy atom. The molecule has 0 aromatic carbocycles. The molecule has 1 saturated heterocycles. The van der Waals surface area contributed by atoms with Gasteiger partial charge in [0.25, 0.3) is 0 Å². The standard InChI is InChI=1S/C15H30N2O2S/c1-2-5-14-8-11-17(12-9-14)20(18,19)13-4-3-10-16-15-6-7-15/h14-16H,2-13H2,1H3. The first-order valence-corrected chi connectivity index (χ1v) is 9.94. The Labute approximate surface area is 124 Å². The topological polar surface area (TPSA) is 49.4 Å². The molecule has 0 atom stereocenters. The molecule has 4 nitrogen and oxygen atoms in total. The van der Waals surface area contributed by atoms with Crippen LogP contribution in [0.2, 0.25) is 0 Å². The van der Waals surface area contributed by atoms with Crippen LogP contribution in [0.5, 0.6) is 0 Å². The van der Waals surface area contributed by atoms with Gasteiger partial charge in [0.15, 0.2) is 0 Å². The molecule has 2 aliphatic rings. The van der Waals surface area contributed by atoms with Crippen LogP contribution in [0.1, 0.15) is 58.3 Å². The first-order chi connectivity index (χ1) is 9.62. The van der Waals surface area contributed by atoms with Gasteiger partial charge in [-0.25, -0.2) is 12.7 Å². The quantitative estimate of drug-likeness (QED) is 0.665. The Bertz CT molecular complexity index is 371. The van der Waals surface area contributed by atoms with Crippen LogP contribution in [0, 0.1) is 5.92 Å². The summed E-state index contributed by atoms with van der Waals surface area (Å²) < 4.78 is 26.3. The molecular formula is C15H30N2O2S.